The van der Waals surface area contributed by atoms with Gasteiger partial charge < -0.3 is 15.2 Å². The Morgan fingerprint density at radius 2 is 1.90 bits per heavy atom. The first kappa shape index (κ1) is 13.4. The average Bonchev–Trinajstić information content (AvgIpc) is 3.10. The topological polar surface area (TPSA) is 58.6 Å². The highest BCUT2D eigenvalue weighted by molar-refractivity contribution is 5.70. The molecule has 1 aliphatic carbocycles. The van der Waals surface area contributed by atoms with Crippen LogP contribution in [-0.4, -0.2) is 23.7 Å². The Labute approximate surface area is 119 Å². The van der Waals surface area contributed by atoms with Gasteiger partial charge in [0.15, 0.2) is 0 Å². The van der Waals surface area contributed by atoms with Crippen molar-refractivity contribution in [1.29, 1.82) is 0 Å². The predicted octanol–water partition coefficient (Wildman–Crippen LogP) is 2.74. The van der Waals surface area contributed by atoms with E-state index in [1.165, 1.54) is 12.8 Å². The molecule has 0 amide bonds. The van der Waals surface area contributed by atoms with E-state index in [1.807, 2.05) is 24.3 Å². The van der Waals surface area contributed by atoms with Crippen LogP contribution in [0.15, 0.2) is 24.3 Å². The summed E-state index contributed by atoms with van der Waals surface area (Å²) >= 11 is 0. The molecule has 4 nitrogen and oxygen atoms in total. The van der Waals surface area contributed by atoms with E-state index in [0.717, 1.165) is 24.2 Å². The first-order valence-corrected chi connectivity index (χ1v) is 7.45. The molecule has 1 aromatic rings. The minimum atomic E-state index is -0.707. The third kappa shape index (κ3) is 2.96. The first-order chi connectivity index (χ1) is 9.72. The Bertz CT molecular complexity index is 465. The van der Waals surface area contributed by atoms with E-state index in [-0.39, 0.29) is 12.0 Å². The SMILES string of the molecule is O=C(O)C1CNC(c2ccc(OC3CCCC3)cc2)C1. The molecule has 1 aliphatic heterocycles. The van der Waals surface area contributed by atoms with Crippen molar-refractivity contribution in [2.24, 2.45) is 5.92 Å². The second-order valence-electron chi connectivity index (χ2n) is 5.83. The summed E-state index contributed by atoms with van der Waals surface area (Å²) in [7, 11) is 0. The number of ether oxygens (including phenoxy) is 1. The van der Waals surface area contributed by atoms with Crippen molar-refractivity contribution in [3.63, 3.8) is 0 Å². The molecule has 0 radical (unpaired) electrons. The third-order valence-electron chi connectivity index (χ3n) is 4.37. The minimum Gasteiger partial charge on any atom is -0.490 e. The standard InChI is InChI=1S/C16H21NO3/c18-16(19)12-9-15(17-10-12)11-5-7-14(8-6-11)20-13-3-1-2-4-13/h5-8,12-13,15,17H,1-4,9-10H2,(H,18,19). The highest BCUT2D eigenvalue weighted by Crippen LogP contribution is 2.29. The lowest BCUT2D eigenvalue weighted by atomic mass is 10.0. The van der Waals surface area contributed by atoms with Gasteiger partial charge in [0.1, 0.15) is 5.75 Å². The van der Waals surface area contributed by atoms with Crippen LogP contribution in [0, 0.1) is 5.92 Å². The molecule has 1 heterocycles. The molecule has 108 valence electrons. The highest BCUT2D eigenvalue weighted by Gasteiger charge is 2.30. The van der Waals surface area contributed by atoms with Crippen LogP contribution in [0.2, 0.25) is 0 Å². The second kappa shape index (κ2) is 5.83. The number of aliphatic carboxylic acids is 1. The van der Waals surface area contributed by atoms with Crippen LogP contribution >= 0.6 is 0 Å². The third-order valence-corrected chi connectivity index (χ3v) is 4.37. The molecule has 1 aromatic carbocycles. The maximum Gasteiger partial charge on any atom is 0.307 e. The number of carboxylic acids is 1. The summed E-state index contributed by atoms with van der Waals surface area (Å²) in [6.07, 6.45) is 5.90. The number of nitrogens with one attached hydrogen (secondary N) is 1. The van der Waals surface area contributed by atoms with Gasteiger partial charge in [-0.05, 0) is 49.8 Å². The van der Waals surface area contributed by atoms with Crippen LogP contribution in [-0.2, 0) is 4.79 Å². The van der Waals surface area contributed by atoms with E-state index in [0.29, 0.717) is 19.1 Å². The summed E-state index contributed by atoms with van der Waals surface area (Å²) in [6.45, 7) is 0.556. The second-order valence-corrected chi connectivity index (χ2v) is 5.83. The minimum absolute atomic E-state index is 0.150. The van der Waals surface area contributed by atoms with Crippen LogP contribution in [0.1, 0.15) is 43.7 Å². The van der Waals surface area contributed by atoms with Gasteiger partial charge in [0.25, 0.3) is 0 Å². The number of benzene rings is 1. The van der Waals surface area contributed by atoms with Gasteiger partial charge in [-0.1, -0.05) is 12.1 Å². The van der Waals surface area contributed by atoms with Gasteiger partial charge in [0.2, 0.25) is 0 Å². The molecule has 2 fully saturated rings. The van der Waals surface area contributed by atoms with Gasteiger partial charge in [0.05, 0.1) is 12.0 Å². The lowest BCUT2D eigenvalue weighted by molar-refractivity contribution is -0.141. The molecule has 2 aliphatic rings. The average molecular weight is 275 g/mol. The van der Waals surface area contributed by atoms with Crippen LogP contribution < -0.4 is 10.1 Å². The van der Waals surface area contributed by atoms with E-state index in [9.17, 15) is 4.79 Å². The zero-order valence-electron chi connectivity index (χ0n) is 11.5. The summed E-state index contributed by atoms with van der Waals surface area (Å²) < 4.78 is 5.94. The van der Waals surface area contributed by atoms with Gasteiger partial charge in [0, 0.05) is 12.6 Å². The van der Waals surface area contributed by atoms with Crippen molar-refractivity contribution < 1.29 is 14.6 Å². The molecule has 2 atom stereocenters. The highest BCUT2D eigenvalue weighted by atomic mass is 16.5. The van der Waals surface area contributed by atoms with E-state index in [2.05, 4.69) is 5.32 Å². The Hall–Kier alpha value is -1.55. The number of hydrogen-bond acceptors (Lipinski definition) is 3. The molecule has 20 heavy (non-hydrogen) atoms. The summed E-state index contributed by atoms with van der Waals surface area (Å²) in [5.41, 5.74) is 1.15. The molecule has 2 unspecified atom stereocenters. The molecule has 0 spiro atoms. The summed E-state index contributed by atoms with van der Waals surface area (Å²) in [6, 6.07) is 8.25. The van der Waals surface area contributed by atoms with E-state index in [1.54, 1.807) is 0 Å². The zero-order chi connectivity index (χ0) is 13.9. The fraction of sp³-hybridized carbons (Fsp3) is 0.562. The molecule has 2 N–H and O–H groups in total. The van der Waals surface area contributed by atoms with Crippen molar-refractivity contribution in [1.82, 2.24) is 5.32 Å². The largest absolute Gasteiger partial charge is 0.490 e. The van der Waals surface area contributed by atoms with Gasteiger partial charge in [-0.2, -0.15) is 0 Å². The van der Waals surface area contributed by atoms with Crippen molar-refractivity contribution in [2.45, 2.75) is 44.2 Å². The van der Waals surface area contributed by atoms with E-state index >= 15 is 0 Å². The number of carboxylic acid groups (broad SMARTS) is 1. The summed E-state index contributed by atoms with van der Waals surface area (Å²) in [5, 5.41) is 12.3. The van der Waals surface area contributed by atoms with E-state index in [4.69, 9.17) is 9.84 Å². The lowest BCUT2D eigenvalue weighted by Crippen LogP contribution is -2.17. The molecule has 1 saturated heterocycles. The molecular weight excluding hydrogens is 254 g/mol. The number of carbonyl (C=O) groups is 1. The maximum atomic E-state index is 11.0. The van der Waals surface area contributed by atoms with Gasteiger partial charge in [-0.15, -0.1) is 0 Å². The van der Waals surface area contributed by atoms with Crippen LogP contribution in [0.5, 0.6) is 5.75 Å². The molecule has 3 rings (SSSR count). The predicted molar refractivity (Wildman–Crippen MR) is 75.8 cm³/mol. The molecule has 0 bridgehead atoms. The monoisotopic (exact) mass is 275 g/mol. The normalized spacial score (nSPS) is 26.8. The van der Waals surface area contributed by atoms with Crippen molar-refractivity contribution in [2.75, 3.05) is 6.54 Å². The smallest absolute Gasteiger partial charge is 0.307 e. The summed E-state index contributed by atoms with van der Waals surface area (Å²) in [5.74, 6) is -0.0518. The number of rotatable bonds is 4. The molecule has 4 heteroatoms. The van der Waals surface area contributed by atoms with Crippen molar-refractivity contribution in [3.8, 4) is 5.75 Å². The van der Waals surface area contributed by atoms with Gasteiger partial charge in [-0.3, -0.25) is 4.79 Å². The van der Waals surface area contributed by atoms with E-state index < -0.39 is 5.97 Å². The van der Waals surface area contributed by atoms with Crippen LogP contribution in [0.3, 0.4) is 0 Å². The van der Waals surface area contributed by atoms with Gasteiger partial charge in [-0.25, -0.2) is 0 Å². The van der Waals surface area contributed by atoms with Crippen molar-refractivity contribution in [3.05, 3.63) is 29.8 Å². The molecule has 0 aromatic heterocycles. The Morgan fingerprint density at radius 1 is 1.20 bits per heavy atom. The van der Waals surface area contributed by atoms with Crippen molar-refractivity contribution >= 4 is 5.97 Å². The first-order valence-electron chi connectivity index (χ1n) is 7.45. The Balaban J connectivity index is 1.60. The van der Waals surface area contributed by atoms with Gasteiger partial charge >= 0.3 is 5.97 Å². The number of hydrogen-bond donors (Lipinski definition) is 2. The Morgan fingerprint density at radius 3 is 2.50 bits per heavy atom. The molecular formula is C16H21NO3. The quantitative estimate of drug-likeness (QED) is 0.887. The fourth-order valence-corrected chi connectivity index (χ4v) is 3.16. The maximum absolute atomic E-state index is 11.0. The molecule has 1 saturated carbocycles. The summed E-state index contributed by atoms with van der Waals surface area (Å²) in [4.78, 5) is 11.0. The zero-order valence-corrected chi connectivity index (χ0v) is 11.5. The Kier molecular flexibility index (Phi) is 3.92. The lowest BCUT2D eigenvalue weighted by Gasteiger charge is -2.15. The van der Waals surface area contributed by atoms with Crippen LogP contribution in [0.25, 0.3) is 0 Å². The fourth-order valence-electron chi connectivity index (χ4n) is 3.16. The van der Waals surface area contributed by atoms with Crippen LogP contribution in [0.4, 0.5) is 0 Å².